The van der Waals surface area contributed by atoms with Gasteiger partial charge in [-0.2, -0.15) is 0 Å². The Morgan fingerprint density at radius 3 is 2.76 bits per heavy atom. The number of nitro groups is 1. The molecule has 21 heavy (non-hydrogen) atoms. The van der Waals surface area contributed by atoms with Gasteiger partial charge in [0.2, 0.25) is 0 Å². The van der Waals surface area contributed by atoms with Crippen molar-refractivity contribution in [2.24, 2.45) is 0 Å². The molecule has 0 spiro atoms. The van der Waals surface area contributed by atoms with Crippen molar-refractivity contribution in [2.45, 2.75) is 6.92 Å². The second-order valence-electron chi connectivity index (χ2n) is 4.62. The molecule has 0 fully saturated rings. The van der Waals surface area contributed by atoms with E-state index in [2.05, 4.69) is 5.32 Å². The van der Waals surface area contributed by atoms with Crippen LogP contribution in [0.15, 0.2) is 42.5 Å². The second kappa shape index (κ2) is 6.60. The van der Waals surface area contributed by atoms with Crippen molar-refractivity contribution >= 4 is 17.1 Å². The molecule has 0 saturated carbocycles. The molecular formula is C15H17N3O3. The Bertz CT molecular complexity index is 644. The van der Waals surface area contributed by atoms with Crippen LogP contribution in [0.2, 0.25) is 0 Å². The van der Waals surface area contributed by atoms with Gasteiger partial charge in [0.05, 0.1) is 16.3 Å². The minimum Gasteiger partial charge on any atom is -0.492 e. The average Bonchev–Trinajstić information content (AvgIpc) is 2.45. The number of aryl methyl sites for hydroxylation is 1. The van der Waals surface area contributed by atoms with Crippen LogP contribution < -0.4 is 15.8 Å². The Morgan fingerprint density at radius 2 is 2.10 bits per heavy atom. The fraction of sp³-hybridized carbons (Fsp3) is 0.200. The molecule has 0 radical (unpaired) electrons. The quantitative estimate of drug-likeness (QED) is 0.369. The first-order valence-electron chi connectivity index (χ1n) is 6.53. The van der Waals surface area contributed by atoms with Crippen LogP contribution in [0.3, 0.4) is 0 Å². The van der Waals surface area contributed by atoms with Crippen molar-refractivity contribution < 1.29 is 9.66 Å². The van der Waals surface area contributed by atoms with Gasteiger partial charge in [-0.3, -0.25) is 10.1 Å². The predicted molar refractivity (Wildman–Crippen MR) is 82.7 cm³/mol. The van der Waals surface area contributed by atoms with Gasteiger partial charge in [0.15, 0.2) is 0 Å². The number of ether oxygens (including phenoxy) is 1. The Hall–Kier alpha value is -2.76. The maximum Gasteiger partial charge on any atom is 0.271 e. The standard InChI is InChI=1S/C15H17N3O3/c1-11-3-2-4-13(9-11)21-8-7-17-15-6-5-12(18(19)20)10-14(15)16/h2-6,9-10,17H,7-8,16H2,1H3. The van der Waals surface area contributed by atoms with Crippen molar-refractivity contribution in [3.05, 3.63) is 58.1 Å². The van der Waals surface area contributed by atoms with Gasteiger partial charge in [0.1, 0.15) is 12.4 Å². The zero-order valence-corrected chi connectivity index (χ0v) is 11.7. The molecule has 6 nitrogen and oxygen atoms in total. The van der Waals surface area contributed by atoms with Crippen molar-refractivity contribution in [3.63, 3.8) is 0 Å². The zero-order chi connectivity index (χ0) is 15.2. The number of nitrogens with one attached hydrogen (secondary N) is 1. The summed E-state index contributed by atoms with van der Waals surface area (Å²) in [6.07, 6.45) is 0. The van der Waals surface area contributed by atoms with Crippen LogP contribution in [0.4, 0.5) is 17.1 Å². The number of nitrogens with two attached hydrogens (primary N) is 1. The number of non-ortho nitro benzene ring substituents is 1. The molecule has 0 unspecified atom stereocenters. The smallest absolute Gasteiger partial charge is 0.271 e. The summed E-state index contributed by atoms with van der Waals surface area (Å²) in [6.45, 7) is 3.03. The van der Waals surface area contributed by atoms with Gasteiger partial charge >= 0.3 is 0 Å². The van der Waals surface area contributed by atoms with E-state index in [-0.39, 0.29) is 5.69 Å². The van der Waals surface area contributed by atoms with E-state index in [1.165, 1.54) is 12.1 Å². The van der Waals surface area contributed by atoms with Gasteiger partial charge in [-0.15, -0.1) is 0 Å². The number of anilines is 2. The first-order chi connectivity index (χ1) is 10.1. The lowest BCUT2D eigenvalue weighted by Gasteiger charge is -2.10. The van der Waals surface area contributed by atoms with Gasteiger partial charge in [-0.05, 0) is 30.7 Å². The second-order valence-corrected chi connectivity index (χ2v) is 4.62. The van der Waals surface area contributed by atoms with Gasteiger partial charge in [-0.25, -0.2) is 0 Å². The summed E-state index contributed by atoms with van der Waals surface area (Å²) in [7, 11) is 0. The first-order valence-corrected chi connectivity index (χ1v) is 6.53. The molecule has 0 atom stereocenters. The van der Waals surface area contributed by atoms with E-state index < -0.39 is 4.92 Å². The summed E-state index contributed by atoms with van der Waals surface area (Å²) in [5.41, 5.74) is 7.89. The van der Waals surface area contributed by atoms with E-state index in [9.17, 15) is 10.1 Å². The van der Waals surface area contributed by atoms with E-state index in [1.807, 2.05) is 31.2 Å². The van der Waals surface area contributed by atoms with Gasteiger partial charge < -0.3 is 15.8 Å². The molecule has 0 aliphatic carbocycles. The van der Waals surface area contributed by atoms with Gasteiger partial charge in [0.25, 0.3) is 5.69 Å². The van der Waals surface area contributed by atoms with Crippen LogP contribution in [0.1, 0.15) is 5.56 Å². The van der Waals surface area contributed by atoms with Crippen molar-refractivity contribution in [2.75, 3.05) is 24.2 Å². The Labute approximate surface area is 122 Å². The highest BCUT2D eigenvalue weighted by Crippen LogP contribution is 2.23. The molecule has 0 aromatic heterocycles. The lowest BCUT2D eigenvalue weighted by atomic mass is 10.2. The fourth-order valence-corrected chi connectivity index (χ4v) is 1.88. The zero-order valence-electron chi connectivity index (χ0n) is 11.7. The first kappa shape index (κ1) is 14.6. The third-order valence-electron chi connectivity index (χ3n) is 2.92. The summed E-state index contributed by atoms with van der Waals surface area (Å²) >= 11 is 0. The van der Waals surface area contributed by atoms with Crippen molar-refractivity contribution in [3.8, 4) is 5.75 Å². The summed E-state index contributed by atoms with van der Waals surface area (Å²) in [5.74, 6) is 0.813. The monoisotopic (exact) mass is 287 g/mol. The van der Waals surface area contributed by atoms with Crippen LogP contribution in [-0.4, -0.2) is 18.1 Å². The number of hydrogen-bond donors (Lipinski definition) is 2. The molecule has 0 aliphatic rings. The van der Waals surface area contributed by atoms with Crippen LogP contribution >= 0.6 is 0 Å². The number of rotatable bonds is 6. The topological polar surface area (TPSA) is 90.4 Å². The maximum absolute atomic E-state index is 10.6. The van der Waals surface area contributed by atoms with E-state index in [0.29, 0.717) is 24.5 Å². The molecule has 110 valence electrons. The minimum absolute atomic E-state index is 0.0194. The molecular weight excluding hydrogens is 270 g/mol. The lowest BCUT2D eigenvalue weighted by molar-refractivity contribution is -0.384. The number of nitro benzene ring substituents is 1. The molecule has 0 heterocycles. The maximum atomic E-state index is 10.6. The van der Waals surface area contributed by atoms with E-state index in [4.69, 9.17) is 10.5 Å². The molecule has 0 saturated heterocycles. The molecule has 3 N–H and O–H groups in total. The summed E-state index contributed by atoms with van der Waals surface area (Å²) in [4.78, 5) is 10.1. The van der Waals surface area contributed by atoms with E-state index in [0.717, 1.165) is 11.3 Å². The molecule has 0 bridgehead atoms. The third kappa shape index (κ3) is 4.10. The SMILES string of the molecule is Cc1cccc(OCCNc2ccc([N+](=O)[O-])cc2N)c1. The summed E-state index contributed by atoms with van der Waals surface area (Å²) < 4.78 is 5.60. The fourth-order valence-electron chi connectivity index (χ4n) is 1.88. The van der Waals surface area contributed by atoms with Crippen molar-refractivity contribution in [1.82, 2.24) is 0 Å². The average molecular weight is 287 g/mol. The molecule has 0 aliphatic heterocycles. The third-order valence-corrected chi connectivity index (χ3v) is 2.92. The lowest BCUT2D eigenvalue weighted by Crippen LogP contribution is -2.12. The van der Waals surface area contributed by atoms with Gasteiger partial charge in [0, 0.05) is 18.7 Å². The number of hydrogen-bond acceptors (Lipinski definition) is 5. The minimum atomic E-state index is -0.471. The normalized spacial score (nSPS) is 10.1. The van der Waals surface area contributed by atoms with E-state index >= 15 is 0 Å². The Morgan fingerprint density at radius 1 is 1.29 bits per heavy atom. The summed E-state index contributed by atoms with van der Waals surface area (Å²) in [5, 5.41) is 13.7. The molecule has 2 rings (SSSR count). The number of nitrogen functional groups attached to an aromatic ring is 1. The highest BCUT2D eigenvalue weighted by atomic mass is 16.6. The molecule has 2 aromatic carbocycles. The Kier molecular flexibility index (Phi) is 4.61. The number of nitrogens with zero attached hydrogens (tertiary/aromatic N) is 1. The van der Waals surface area contributed by atoms with Crippen LogP contribution in [0, 0.1) is 17.0 Å². The van der Waals surface area contributed by atoms with Crippen LogP contribution in [-0.2, 0) is 0 Å². The largest absolute Gasteiger partial charge is 0.492 e. The molecule has 6 heteroatoms. The van der Waals surface area contributed by atoms with E-state index in [1.54, 1.807) is 6.07 Å². The predicted octanol–water partition coefficient (Wildman–Crippen LogP) is 2.98. The van der Waals surface area contributed by atoms with Crippen LogP contribution in [0.5, 0.6) is 5.75 Å². The highest BCUT2D eigenvalue weighted by molar-refractivity contribution is 5.69. The number of benzene rings is 2. The Balaban J connectivity index is 1.85. The molecule has 2 aromatic rings. The van der Waals surface area contributed by atoms with Gasteiger partial charge in [-0.1, -0.05) is 12.1 Å². The molecule has 0 amide bonds. The van der Waals surface area contributed by atoms with Crippen molar-refractivity contribution in [1.29, 1.82) is 0 Å². The highest BCUT2D eigenvalue weighted by Gasteiger charge is 2.08. The van der Waals surface area contributed by atoms with Crippen LogP contribution in [0.25, 0.3) is 0 Å². The summed E-state index contributed by atoms with van der Waals surface area (Å²) in [6, 6.07) is 12.1.